The van der Waals surface area contributed by atoms with Crippen molar-refractivity contribution >= 4 is 33.1 Å². The second kappa shape index (κ2) is 7.07. The number of ketones is 1. The van der Waals surface area contributed by atoms with Crippen LogP contribution in [0.1, 0.15) is 27.7 Å². The monoisotopic (exact) mass is 378 g/mol. The number of amides is 1. The first kappa shape index (κ1) is 17.8. The van der Waals surface area contributed by atoms with Crippen LogP contribution < -0.4 is 4.72 Å². The van der Waals surface area contributed by atoms with Crippen LogP contribution in [0.15, 0.2) is 40.6 Å². The number of carbonyl (C=O) groups excluding carboxylic acids is 2. The van der Waals surface area contributed by atoms with Crippen LogP contribution in [-0.2, 0) is 27.8 Å². The predicted octanol–water partition coefficient (Wildman–Crippen LogP) is 1.81. The Morgan fingerprint density at radius 2 is 1.92 bits per heavy atom. The highest BCUT2D eigenvalue weighted by molar-refractivity contribution is 7.89. The highest BCUT2D eigenvalue weighted by Crippen LogP contribution is 2.23. The lowest BCUT2D eigenvalue weighted by atomic mass is 10.1. The minimum absolute atomic E-state index is 0.0315. The Bertz CT molecular complexity index is 901. The van der Waals surface area contributed by atoms with E-state index in [4.69, 9.17) is 0 Å². The molecule has 3 rings (SSSR count). The number of thiophene rings is 1. The van der Waals surface area contributed by atoms with Crippen LogP contribution in [-0.4, -0.2) is 38.1 Å². The zero-order chi connectivity index (χ0) is 18.0. The van der Waals surface area contributed by atoms with E-state index < -0.39 is 10.0 Å². The number of Topliss-reactive ketones (excluding diaryl/α,β-unsaturated/α-hetero) is 1. The lowest BCUT2D eigenvalue weighted by molar-refractivity contribution is -0.130. The van der Waals surface area contributed by atoms with Gasteiger partial charge in [-0.25, -0.2) is 13.1 Å². The molecule has 0 bridgehead atoms. The SMILES string of the molecule is CC(=O)c1ccc(S(=O)(=O)NCC(=O)N2CCc3sccc3C2)cc1. The number of nitrogens with one attached hydrogen (secondary N) is 1. The van der Waals surface area contributed by atoms with E-state index in [-0.39, 0.29) is 23.1 Å². The maximum absolute atomic E-state index is 12.3. The average molecular weight is 378 g/mol. The molecule has 0 atom stereocenters. The van der Waals surface area contributed by atoms with Gasteiger partial charge in [-0.15, -0.1) is 11.3 Å². The topological polar surface area (TPSA) is 83.5 Å². The van der Waals surface area contributed by atoms with Crippen LogP contribution in [0.4, 0.5) is 0 Å². The van der Waals surface area contributed by atoms with Crippen LogP contribution in [0.3, 0.4) is 0 Å². The molecule has 1 N–H and O–H groups in total. The molecule has 1 amide bonds. The lowest BCUT2D eigenvalue weighted by Gasteiger charge is -2.27. The summed E-state index contributed by atoms with van der Waals surface area (Å²) in [6, 6.07) is 7.65. The first-order valence-electron chi connectivity index (χ1n) is 7.80. The third-order valence-electron chi connectivity index (χ3n) is 4.14. The van der Waals surface area contributed by atoms with Gasteiger partial charge >= 0.3 is 0 Å². The van der Waals surface area contributed by atoms with Crippen LogP contribution in [0, 0.1) is 0 Å². The van der Waals surface area contributed by atoms with Crippen molar-refractivity contribution in [1.29, 1.82) is 0 Å². The van der Waals surface area contributed by atoms with Crippen LogP contribution in [0.25, 0.3) is 0 Å². The molecule has 6 nitrogen and oxygen atoms in total. The molecule has 0 unspecified atom stereocenters. The first-order valence-corrected chi connectivity index (χ1v) is 10.2. The zero-order valence-corrected chi connectivity index (χ0v) is 15.3. The van der Waals surface area contributed by atoms with Crippen LogP contribution >= 0.6 is 11.3 Å². The molecule has 1 aromatic heterocycles. The van der Waals surface area contributed by atoms with Crippen molar-refractivity contribution in [2.75, 3.05) is 13.1 Å². The van der Waals surface area contributed by atoms with Gasteiger partial charge in [0.2, 0.25) is 15.9 Å². The number of benzene rings is 1. The molecule has 1 aromatic carbocycles. The molecule has 132 valence electrons. The van der Waals surface area contributed by atoms with Gasteiger partial charge in [-0.3, -0.25) is 9.59 Å². The van der Waals surface area contributed by atoms with E-state index in [9.17, 15) is 18.0 Å². The Balaban J connectivity index is 1.62. The molecule has 8 heteroatoms. The summed E-state index contributed by atoms with van der Waals surface area (Å²) in [6.07, 6.45) is 0.804. The van der Waals surface area contributed by atoms with Crippen molar-refractivity contribution in [2.24, 2.45) is 0 Å². The fourth-order valence-corrected chi connectivity index (χ4v) is 4.55. The summed E-state index contributed by atoms with van der Waals surface area (Å²) in [7, 11) is -3.79. The molecule has 0 radical (unpaired) electrons. The molecular formula is C17H18N2O4S2. The second-order valence-electron chi connectivity index (χ2n) is 5.84. The van der Waals surface area contributed by atoms with Gasteiger partial charge in [0, 0.05) is 23.5 Å². The summed E-state index contributed by atoms with van der Waals surface area (Å²) in [5, 5.41) is 2.01. The maximum Gasteiger partial charge on any atom is 0.241 e. The standard InChI is InChI=1S/C17H18N2O4S2/c1-12(20)13-2-4-15(5-3-13)25(22,23)18-10-17(21)19-8-6-16-14(11-19)7-9-24-16/h2-5,7,9,18H,6,8,10-11H2,1H3. The summed E-state index contributed by atoms with van der Waals surface area (Å²) in [6.45, 7) is 2.25. The van der Waals surface area contributed by atoms with Gasteiger partial charge in [-0.05, 0) is 42.5 Å². The van der Waals surface area contributed by atoms with Gasteiger partial charge in [-0.2, -0.15) is 0 Å². The Kier molecular flexibility index (Phi) is 5.03. The molecule has 2 aromatic rings. The first-order chi connectivity index (χ1) is 11.9. The molecule has 1 aliphatic rings. The Hall–Kier alpha value is -2.03. The Labute approximate surface area is 150 Å². The quantitative estimate of drug-likeness (QED) is 0.805. The van der Waals surface area contributed by atoms with Crippen molar-refractivity contribution in [3.63, 3.8) is 0 Å². The highest BCUT2D eigenvalue weighted by atomic mass is 32.2. The molecule has 2 heterocycles. The summed E-state index contributed by atoms with van der Waals surface area (Å²) >= 11 is 1.68. The second-order valence-corrected chi connectivity index (χ2v) is 8.61. The number of hydrogen-bond donors (Lipinski definition) is 1. The third-order valence-corrected chi connectivity index (χ3v) is 6.59. The van der Waals surface area contributed by atoms with E-state index in [0.717, 1.165) is 12.0 Å². The van der Waals surface area contributed by atoms with E-state index in [1.165, 1.54) is 36.1 Å². The van der Waals surface area contributed by atoms with Gasteiger partial charge in [0.05, 0.1) is 11.4 Å². The number of fused-ring (bicyclic) bond motifs is 1. The molecule has 25 heavy (non-hydrogen) atoms. The van der Waals surface area contributed by atoms with Gasteiger partial charge in [-0.1, -0.05) is 12.1 Å². The van der Waals surface area contributed by atoms with Gasteiger partial charge in [0.1, 0.15) is 0 Å². The number of nitrogens with zero attached hydrogens (tertiary/aromatic N) is 1. The molecule has 0 fully saturated rings. The number of sulfonamides is 1. The zero-order valence-electron chi connectivity index (χ0n) is 13.7. The average Bonchev–Trinajstić information content (AvgIpc) is 3.07. The van der Waals surface area contributed by atoms with Crippen molar-refractivity contribution in [3.05, 3.63) is 51.7 Å². The normalized spacial score (nSPS) is 14.2. The van der Waals surface area contributed by atoms with Crippen molar-refractivity contribution < 1.29 is 18.0 Å². The minimum Gasteiger partial charge on any atom is -0.337 e. The van der Waals surface area contributed by atoms with E-state index in [1.54, 1.807) is 16.2 Å². The summed E-state index contributed by atoms with van der Waals surface area (Å²) < 4.78 is 26.9. The molecule has 1 aliphatic heterocycles. The van der Waals surface area contributed by atoms with Crippen molar-refractivity contribution in [3.8, 4) is 0 Å². The van der Waals surface area contributed by atoms with Crippen LogP contribution in [0.5, 0.6) is 0 Å². The number of carbonyl (C=O) groups is 2. The summed E-state index contributed by atoms with van der Waals surface area (Å²) in [5.41, 5.74) is 1.57. The predicted molar refractivity (Wildman–Crippen MR) is 95.1 cm³/mol. The van der Waals surface area contributed by atoms with E-state index >= 15 is 0 Å². The fraction of sp³-hybridized carbons (Fsp3) is 0.294. The largest absolute Gasteiger partial charge is 0.337 e. The molecule has 0 aliphatic carbocycles. The van der Waals surface area contributed by atoms with Gasteiger partial charge in [0.15, 0.2) is 5.78 Å². The molecular weight excluding hydrogens is 360 g/mol. The van der Waals surface area contributed by atoms with Crippen LogP contribution in [0.2, 0.25) is 0 Å². The lowest BCUT2D eigenvalue weighted by Crippen LogP contribution is -2.42. The van der Waals surface area contributed by atoms with E-state index in [2.05, 4.69) is 4.72 Å². The molecule has 0 spiro atoms. The number of rotatable bonds is 5. The minimum atomic E-state index is -3.79. The highest BCUT2D eigenvalue weighted by Gasteiger charge is 2.23. The van der Waals surface area contributed by atoms with E-state index in [1.807, 2.05) is 11.4 Å². The van der Waals surface area contributed by atoms with Gasteiger partial charge in [0.25, 0.3) is 0 Å². The van der Waals surface area contributed by atoms with E-state index in [0.29, 0.717) is 18.7 Å². The third kappa shape index (κ3) is 3.97. The van der Waals surface area contributed by atoms with Gasteiger partial charge < -0.3 is 4.90 Å². The molecule has 0 saturated heterocycles. The van der Waals surface area contributed by atoms with Crippen molar-refractivity contribution in [2.45, 2.75) is 24.8 Å². The Morgan fingerprint density at radius 3 is 2.60 bits per heavy atom. The smallest absolute Gasteiger partial charge is 0.241 e. The summed E-state index contributed by atoms with van der Waals surface area (Å²) in [5.74, 6) is -0.384. The fourth-order valence-electron chi connectivity index (χ4n) is 2.68. The molecule has 0 saturated carbocycles. The summed E-state index contributed by atoms with van der Waals surface area (Å²) in [4.78, 5) is 26.5. The number of hydrogen-bond acceptors (Lipinski definition) is 5. The van der Waals surface area contributed by atoms with Crippen molar-refractivity contribution in [1.82, 2.24) is 9.62 Å². The maximum atomic E-state index is 12.3. The Morgan fingerprint density at radius 1 is 1.20 bits per heavy atom.